The fraction of sp³-hybridized carbons (Fsp3) is 0.353. The highest BCUT2D eigenvalue weighted by atomic mass is 16.5. The summed E-state index contributed by atoms with van der Waals surface area (Å²) in [6.07, 6.45) is 3.57. The molecule has 0 bridgehead atoms. The van der Waals surface area contributed by atoms with Crippen LogP contribution in [-0.4, -0.2) is 24.3 Å². The van der Waals surface area contributed by atoms with Crippen LogP contribution in [0, 0.1) is 12.8 Å². The number of aliphatic imine (C=N–C) groups is 1. The molecule has 0 spiro atoms. The number of ether oxygens (including phenoxy) is 1. The predicted molar refractivity (Wildman–Crippen MR) is 84.8 cm³/mol. The van der Waals surface area contributed by atoms with Gasteiger partial charge >= 0.3 is 12.0 Å². The number of carbonyl (C=O) groups is 2. The van der Waals surface area contributed by atoms with E-state index in [1.807, 2.05) is 44.2 Å². The summed E-state index contributed by atoms with van der Waals surface area (Å²) in [5.74, 6) is -0.990. The topological polar surface area (TPSA) is 67.8 Å². The number of urea groups is 1. The van der Waals surface area contributed by atoms with Crippen LogP contribution in [0.15, 0.2) is 41.4 Å². The molecule has 1 aliphatic rings. The molecular formula is C17H20N2O3. The lowest BCUT2D eigenvalue weighted by Crippen LogP contribution is -2.44. The van der Waals surface area contributed by atoms with Crippen molar-refractivity contribution in [2.24, 2.45) is 10.9 Å². The van der Waals surface area contributed by atoms with Crippen molar-refractivity contribution in [3.63, 3.8) is 0 Å². The summed E-state index contributed by atoms with van der Waals surface area (Å²) in [4.78, 5) is 27.9. The molecule has 0 saturated carbocycles. The maximum atomic E-state index is 12.4. The first kappa shape index (κ1) is 15.9. The second kappa shape index (κ2) is 7.02. The summed E-state index contributed by atoms with van der Waals surface area (Å²) in [7, 11) is 0. The summed E-state index contributed by atoms with van der Waals surface area (Å²) in [5.41, 5.74) is 2.45. The Morgan fingerprint density at radius 1 is 1.32 bits per heavy atom. The number of hydrogen-bond acceptors (Lipinski definition) is 3. The second-order valence-electron chi connectivity index (χ2n) is 5.27. The van der Waals surface area contributed by atoms with Gasteiger partial charge in [-0.2, -0.15) is 0 Å². The third-order valence-electron chi connectivity index (χ3n) is 3.59. The number of amides is 2. The zero-order valence-electron chi connectivity index (χ0n) is 13.0. The van der Waals surface area contributed by atoms with Crippen molar-refractivity contribution < 1.29 is 14.3 Å². The molecule has 1 aromatic carbocycles. The molecule has 0 fully saturated rings. The van der Waals surface area contributed by atoms with Crippen molar-refractivity contribution in [2.75, 3.05) is 6.61 Å². The van der Waals surface area contributed by atoms with E-state index < -0.39 is 18.0 Å². The SMILES string of the molecule is CC=CCOC(=O)C1C(C)=NC(=O)NC1c1ccc(C)cc1. The number of nitrogens with one attached hydrogen (secondary N) is 1. The van der Waals surface area contributed by atoms with Gasteiger partial charge in [0, 0.05) is 5.71 Å². The maximum absolute atomic E-state index is 12.4. The van der Waals surface area contributed by atoms with E-state index in [9.17, 15) is 9.59 Å². The molecule has 1 heterocycles. The number of carbonyl (C=O) groups excluding carboxylic acids is 2. The number of hydrogen-bond donors (Lipinski definition) is 1. The minimum absolute atomic E-state index is 0.216. The van der Waals surface area contributed by atoms with Crippen LogP contribution in [0.2, 0.25) is 0 Å². The Hall–Kier alpha value is -2.43. The lowest BCUT2D eigenvalue weighted by atomic mass is 9.88. The molecule has 116 valence electrons. The zero-order chi connectivity index (χ0) is 16.1. The summed E-state index contributed by atoms with van der Waals surface area (Å²) in [6, 6.07) is 6.83. The van der Waals surface area contributed by atoms with Crippen LogP contribution in [0.25, 0.3) is 0 Å². The van der Waals surface area contributed by atoms with Crippen LogP contribution < -0.4 is 5.32 Å². The first-order valence-corrected chi connectivity index (χ1v) is 7.23. The van der Waals surface area contributed by atoms with E-state index in [1.165, 1.54) is 0 Å². The number of rotatable bonds is 4. The van der Waals surface area contributed by atoms with E-state index in [1.54, 1.807) is 13.0 Å². The van der Waals surface area contributed by atoms with Gasteiger partial charge in [0.2, 0.25) is 0 Å². The molecular weight excluding hydrogens is 280 g/mol. The largest absolute Gasteiger partial charge is 0.461 e. The molecule has 0 aliphatic carbocycles. The standard InChI is InChI=1S/C17H20N2O3/c1-4-5-10-22-16(20)14-12(3)18-17(21)19-15(14)13-8-6-11(2)7-9-13/h4-9,14-15H,10H2,1-3H3,(H,19,21). The fourth-order valence-electron chi connectivity index (χ4n) is 2.39. The minimum atomic E-state index is -0.606. The molecule has 0 saturated heterocycles. The third-order valence-corrected chi connectivity index (χ3v) is 3.59. The molecule has 1 N–H and O–H groups in total. The van der Waals surface area contributed by atoms with Crippen molar-refractivity contribution in [1.82, 2.24) is 5.32 Å². The van der Waals surface area contributed by atoms with Crippen molar-refractivity contribution >= 4 is 17.7 Å². The molecule has 2 amide bonds. The van der Waals surface area contributed by atoms with Gasteiger partial charge in [-0.3, -0.25) is 4.79 Å². The number of benzene rings is 1. The van der Waals surface area contributed by atoms with Gasteiger partial charge in [-0.05, 0) is 26.3 Å². The Balaban J connectivity index is 2.28. The highest BCUT2D eigenvalue weighted by Gasteiger charge is 2.37. The Morgan fingerprint density at radius 2 is 2.00 bits per heavy atom. The van der Waals surface area contributed by atoms with Crippen LogP contribution in [0.1, 0.15) is 31.0 Å². The molecule has 2 atom stereocenters. The van der Waals surface area contributed by atoms with Crippen LogP contribution >= 0.6 is 0 Å². The average Bonchev–Trinajstić information content (AvgIpc) is 2.47. The molecule has 5 heteroatoms. The minimum Gasteiger partial charge on any atom is -0.461 e. The summed E-state index contributed by atoms with van der Waals surface area (Å²) < 4.78 is 5.25. The van der Waals surface area contributed by atoms with E-state index in [-0.39, 0.29) is 12.6 Å². The smallest absolute Gasteiger partial charge is 0.341 e. The van der Waals surface area contributed by atoms with Crippen molar-refractivity contribution in [1.29, 1.82) is 0 Å². The molecule has 2 unspecified atom stereocenters. The highest BCUT2D eigenvalue weighted by molar-refractivity contribution is 6.08. The Kier molecular flexibility index (Phi) is 5.09. The van der Waals surface area contributed by atoms with Gasteiger partial charge in [0.1, 0.15) is 12.5 Å². The number of aryl methyl sites for hydroxylation is 1. The van der Waals surface area contributed by atoms with Gasteiger partial charge in [-0.25, -0.2) is 9.79 Å². The molecule has 5 nitrogen and oxygen atoms in total. The molecule has 1 aliphatic heterocycles. The number of esters is 1. The van der Waals surface area contributed by atoms with E-state index >= 15 is 0 Å². The molecule has 22 heavy (non-hydrogen) atoms. The maximum Gasteiger partial charge on any atom is 0.341 e. The van der Waals surface area contributed by atoms with Gasteiger partial charge in [0.05, 0.1) is 6.04 Å². The average molecular weight is 300 g/mol. The Morgan fingerprint density at radius 3 is 2.64 bits per heavy atom. The van der Waals surface area contributed by atoms with Gasteiger partial charge in [0.15, 0.2) is 0 Å². The predicted octanol–water partition coefficient (Wildman–Crippen LogP) is 2.96. The van der Waals surface area contributed by atoms with Crippen molar-refractivity contribution in [3.8, 4) is 0 Å². The van der Waals surface area contributed by atoms with E-state index in [0.717, 1.165) is 11.1 Å². The quantitative estimate of drug-likeness (QED) is 0.686. The van der Waals surface area contributed by atoms with Crippen LogP contribution in [-0.2, 0) is 9.53 Å². The monoisotopic (exact) mass is 300 g/mol. The lowest BCUT2D eigenvalue weighted by Gasteiger charge is -2.29. The van der Waals surface area contributed by atoms with Gasteiger partial charge < -0.3 is 10.1 Å². The fourth-order valence-corrected chi connectivity index (χ4v) is 2.39. The van der Waals surface area contributed by atoms with Gasteiger partial charge in [-0.1, -0.05) is 42.0 Å². The molecule has 0 radical (unpaired) electrons. The number of nitrogens with zero attached hydrogens (tertiary/aromatic N) is 1. The molecule has 2 rings (SSSR count). The third kappa shape index (κ3) is 3.61. The van der Waals surface area contributed by atoms with Crippen molar-refractivity contribution in [3.05, 3.63) is 47.5 Å². The summed E-state index contributed by atoms with van der Waals surface area (Å²) in [5, 5.41) is 2.76. The van der Waals surface area contributed by atoms with E-state index in [0.29, 0.717) is 5.71 Å². The van der Waals surface area contributed by atoms with E-state index in [2.05, 4.69) is 10.3 Å². The van der Waals surface area contributed by atoms with E-state index in [4.69, 9.17) is 4.74 Å². The normalized spacial score (nSPS) is 21.4. The van der Waals surface area contributed by atoms with Crippen LogP contribution in [0.3, 0.4) is 0 Å². The lowest BCUT2D eigenvalue weighted by molar-refractivity contribution is -0.145. The molecule has 0 aromatic heterocycles. The van der Waals surface area contributed by atoms with Gasteiger partial charge in [-0.15, -0.1) is 0 Å². The Bertz CT molecular complexity index is 617. The van der Waals surface area contributed by atoms with Gasteiger partial charge in [0.25, 0.3) is 0 Å². The summed E-state index contributed by atoms with van der Waals surface area (Å²) in [6.45, 7) is 5.74. The van der Waals surface area contributed by atoms with Crippen molar-refractivity contribution in [2.45, 2.75) is 26.8 Å². The summed E-state index contributed by atoms with van der Waals surface area (Å²) >= 11 is 0. The van der Waals surface area contributed by atoms with Crippen LogP contribution in [0.5, 0.6) is 0 Å². The Labute approximate surface area is 130 Å². The van der Waals surface area contributed by atoms with Crippen LogP contribution in [0.4, 0.5) is 4.79 Å². The molecule has 1 aromatic rings. The first-order valence-electron chi connectivity index (χ1n) is 7.23. The second-order valence-corrected chi connectivity index (χ2v) is 5.27. The zero-order valence-corrected chi connectivity index (χ0v) is 13.0. The first-order chi connectivity index (χ1) is 10.5. The highest BCUT2D eigenvalue weighted by Crippen LogP contribution is 2.28. The number of allylic oxidation sites excluding steroid dienone is 1.